The summed E-state index contributed by atoms with van der Waals surface area (Å²) in [4.78, 5) is 10.6. The van der Waals surface area contributed by atoms with Crippen molar-refractivity contribution in [2.45, 2.75) is 13.0 Å². The van der Waals surface area contributed by atoms with Crippen LogP contribution in [0.2, 0.25) is 0 Å². The largest absolute Gasteiger partial charge is 0.486 e. The van der Waals surface area contributed by atoms with Gasteiger partial charge in [0.05, 0.1) is 6.42 Å². The minimum atomic E-state index is -0.958. The summed E-state index contributed by atoms with van der Waals surface area (Å²) in [5, 5.41) is 8.70. The van der Waals surface area contributed by atoms with Gasteiger partial charge in [-0.3, -0.25) is 4.79 Å². The van der Waals surface area contributed by atoms with Gasteiger partial charge in [0.25, 0.3) is 0 Å². The molecule has 2 aromatic carbocycles. The maximum atomic E-state index is 13.5. The van der Waals surface area contributed by atoms with Crippen molar-refractivity contribution in [1.29, 1.82) is 0 Å². The molecule has 0 spiro atoms. The molecule has 0 radical (unpaired) electrons. The van der Waals surface area contributed by atoms with Crippen LogP contribution < -0.4 is 4.74 Å². The third kappa shape index (κ3) is 3.81. The Kier molecular flexibility index (Phi) is 4.13. The Labute approximate surface area is 110 Å². The first-order valence-electron chi connectivity index (χ1n) is 5.82. The average molecular weight is 260 g/mol. The molecule has 1 N–H and O–H groups in total. The zero-order valence-corrected chi connectivity index (χ0v) is 10.2. The average Bonchev–Trinajstić information content (AvgIpc) is 2.40. The quantitative estimate of drug-likeness (QED) is 0.898. The Balaban J connectivity index is 2.08. The SMILES string of the molecule is O=C(O)Cc1ccc(F)c(OCc2ccccc2)c1. The predicted octanol–water partition coefficient (Wildman–Crippen LogP) is 3.03. The van der Waals surface area contributed by atoms with E-state index < -0.39 is 11.8 Å². The summed E-state index contributed by atoms with van der Waals surface area (Å²) in [7, 11) is 0. The molecule has 4 heteroatoms. The number of ether oxygens (including phenoxy) is 1. The van der Waals surface area contributed by atoms with Crippen molar-refractivity contribution < 1.29 is 19.0 Å². The van der Waals surface area contributed by atoms with E-state index in [4.69, 9.17) is 9.84 Å². The van der Waals surface area contributed by atoms with Crippen LogP contribution in [0.4, 0.5) is 4.39 Å². The highest BCUT2D eigenvalue weighted by molar-refractivity contribution is 5.70. The number of benzene rings is 2. The zero-order chi connectivity index (χ0) is 13.7. The third-order valence-corrected chi connectivity index (χ3v) is 2.59. The summed E-state index contributed by atoms with van der Waals surface area (Å²) in [6.45, 7) is 0.244. The van der Waals surface area contributed by atoms with Gasteiger partial charge in [-0.25, -0.2) is 4.39 Å². The van der Waals surface area contributed by atoms with Gasteiger partial charge in [0.1, 0.15) is 6.61 Å². The molecule has 3 nitrogen and oxygen atoms in total. The number of halogens is 1. The molecule has 0 amide bonds. The first-order chi connectivity index (χ1) is 9.15. The molecule has 0 aromatic heterocycles. The van der Waals surface area contributed by atoms with E-state index in [-0.39, 0.29) is 18.8 Å². The standard InChI is InChI=1S/C15H13FO3/c16-13-7-6-12(9-15(17)18)8-14(13)19-10-11-4-2-1-3-5-11/h1-8H,9-10H2,(H,17,18). The Hall–Kier alpha value is -2.36. The summed E-state index contributed by atoms with van der Waals surface area (Å²) < 4.78 is 18.9. The van der Waals surface area contributed by atoms with E-state index in [1.807, 2.05) is 30.3 Å². The fourth-order valence-corrected chi connectivity index (χ4v) is 1.68. The molecular formula is C15H13FO3. The topological polar surface area (TPSA) is 46.5 Å². The van der Waals surface area contributed by atoms with Crippen LogP contribution in [0.5, 0.6) is 5.75 Å². The maximum Gasteiger partial charge on any atom is 0.307 e. The molecule has 19 heavy (non-hydrogen) atoms. The highest BCUT2D eigenvalue weighted by Gasteiger charge is 2.07. The maximum absolute atomic E-state index is 13.5. The third-order valence-electron chi connectivity index (χ3n) is 2.59. The molecule has 0 atom stereocenters. The molecule has 2 aromatic rings. The highest BCUT2D eigenvalue weighted by atomic mass is 19.1. The minimum Gasteiger partial charge on any atom is -0.486 e. The van der Waals surface area contributed by atoms with E-state index in [1.54, 1.807) is 0 Å². The van der Waals surface area contributed by atoms with E-state index >= 15 is 0 Å². The Morgan fingerprint density at radius 1 is 1.11 bits per heavy atom. The molecule has 0 heterocycles. The number of carboxylic acid groups (broad SMARTS) is 1. The second-order valence-corrected chi connectivity index (χ2v) is 4.11. The van der Waals surface area contributed by atoms with Crippen molar-refractivity contribution in [2.24, 2.45) is 0 Å². The first kappa shape index (κ1) is 13.1. The van der Waals surface area contributed by atoms with Gasteiger partial charge < -0.3 is 9.84 Å². The van der Waals surface area contributed by atoms with Gasteiger partial charge in [0.15, 0.2) is 11.6 Å². The lowest BCUT2D eigenvalue weighted by Gasteiger charge is -2.08. The Bertz CT molecular complexity index is 567. The van der Waals surface area contributed by atoms with Crippen LogP contribution in [0, 0.1) is 5.82 Å². The molecule has 0 bridgehead atoms. The number of carbonyl (C=O) groups is 1. The lowest BCUT2D eigenvalue weighted by molar-refractivity contribution is -0.136. The molecule has 0 saturated heterocycles. The smallest absolute Gasteiger partial charge is 0.307 e. The van der Waals surface area contributed by atoms with Gasteiger partial charge >= 0.3 is 5.97 Å². The monoisotopic (exact) mass is 260 g/mol. The second kappa shape index (κ2) is 6.00. The number of aliphatic carboxylic acids is 1. The van der Waals surface area contributed by atoms with Gasteiger partial charge in [0.2, 0.25) is 0 Å². The molecule has 0 unspecified atom stereocenters. The summed E-state index contributed by atoms with van der Waals surface area (Å²) in [6.07, 6.45) is -0.151. The van der Waals surface area contributed by atoms with Crippen LogP contribution in [0.15, 0.2) is 48.5 Å². The van der Waals surface area contributed by atoms with Crippen LogP contribution in [0.1, 0.15) is 11.1 Å². The van der Waals surface area contributed by atoms with Crippen molar-refractivity contribution in [1.82, 2.24) is 0 Å². The fraction of sp³-hybridized carbons (Fsp3) is 0.133. The van der Waals surface area contributed by atoms with Crippen molar-refractivity contribution in [2.75, 3.05) is 0 Å². The van der Waals surface area contributed by atoms with Crippen LogP contribution in [-0.4, -0.2) is 11.1 Å². The van der Waals surface area contributed by atoms with Crippen molar-refractivity contribution in [3.8, 4) is 5.75 Å². The lowest BCUT2D eigenvalue weighted by Crippen LogP contribution is -2.02. The number of carboxylic acids is 1. The normalized spacial score (nSPS) is 10.2. The molecule has 0 aliphatic carbocycles. The zero-order valence-electron chi connectivity index (χ0n) is 10.2. The molecule has 0 saturated carbocycles. The minimum absolute atomic E-state index is 0.0719. The summed E-state index contributed by atoms with van der Waals surface area (Å²) in [5.74, 6) is -1.38. The molecule has 98 valence electrons. The van der Waals surface area contributed by atoms with Gasteiger partial charge in [-0.1, -0.05) is 36.4 Å². The molecule has 0 aliphatic heterocycles. The second-order valence-electron chi connectivity index (χ2n) is 4.11. The van der Waals surface area contributed by atoms with E-state index in [1.165, 1.54) is 18.2 Å². The molecule has 2 rings (SSSR count). The first-order valence-corrected chi connectivity index (χ1v) is 5.82. The van der Waals surface area contributed by atoms with Crippen molar-refractivity contribution >= 4 is 5.97 Å². The Morgan fingerprint density at radius 2 is 1.84 bits per heavy atom. The van der Waals surface area contributed by atoms with E-state index in [0.717, 1.165) is 5.56 Å². The van der Waals surface area contributed by atoms with Crippen LogP contribution in [0.25, 0.3) is 0 Å². The van der Waals surface area contributed by atoms with Gasteiger partial charge in [0, 0.05) is 0 Å². The predicted molar refractivity (Wildman–Crippen MR) is 68.5 cm³/mol. The summed E-state index contributed by atoms with van der Waals surface area (Å²) in [6, 6.07) is 13.5. The van der Waals surface area contributed by atoms with Gasteiger partial charge in [-0.15, -0.1) is 0 Å². The highest BCUT2D eigenvalue weighted by Crippen LogP contribution is 2.20. The van der Waals surface area contributed by atoms with E-state index in [2.05, 4.69) is 0 Å². The van der Waals surface area contributed by atoms with Crippen molar-refractivity contribution in [3.63, 3.8) is 0 Å². The fourth-order valence-electron chi connectivity index (χ4n) is 1.68. The summed E-state index contributed by atoms with van der Waals surface area (Å²) >= 11 is 0. The molecule has 0 aliphatic rings. The van der Waals surface area contributed by atoms with Gasteiger partial charge in [-0.2, -0.15) is 0 Å². The number of rotatable bonds is 5. The van der Waals surface area contributed by atoms with E-state index in [9.17, 15) is 9.18 Å². The molecular weight excluding hydrogens is 247 g/mol. The van der Waals surface area contributed by atoms with Crippen LogP contribution in [0.3, 0.4) is 0 Å². The number of hydrogen-bond donors (Lipinski definition) is 1. The lowest BCUT2D eigenvalue weighted by atomic mass is 10.1. The summed E-state index contributed by atoms with van der Waals surface area (Å²) in [5.41, 5.74) is 1.43. The Morgan fingerprint density at radius 3 is 2.53 bits per heavy atom. The van der Waals surface area contributed by atoms with E-state index in [0.29, 0.717) is 5.56 Å². The van der Waals surface area contributed by atoms with Crippen LogP contribution in [-0.2, 0) is 17.8 Å². The number of hydrogen-bond acceptors (Lipinski definition) is 2. The van der Waals surface area contributed by atoms with Crippen LogP contribution >= 0.6 is 0 Å². The molecule has 0 fully saturated rings. The van der Waals surface area contributed by atoms with Crippen molar-refractivity contribution in [3.05, 3.63) is 65.5 Å². The van der Waals surface area contributed by atoms with Gasteiger partial charge in [-0.05, 0) is 23.3 Å².